The van der Waals surface area contributed by atoms with Crippen LogP contribution in [0.1, 0.15) is 18.2 Å². The number of aromatic nitrogens is 2. The molecule has 0 N–H and O–H groups in total. The van der Waals surface area contributed by atoms with E-state index in [0.717, 1.165) is 10.9 Å². The molecule has 1 unspecified atom stereocenters. The number of ether oxygens (including phenoxy) is 1. The van der Waals surface area contributed by atoms with Crippen LogP contribution in [-0.4, -0.2) is 57.9 Å². The van der Waals surface area contributed by atoms with Crippen molar-refractivity contribution in [1.82, 2.24) is 14.7 Å². The van der Waals surface area contributed by atoms with Gasteiger partial charge in [0.25, 0.3) is 5.92 Å². The minimum atomic E-state index is -2.97. The summed E-state index contributed by atoms with van der Waals surface area (Å²) in [6.45, 7) is 2.59. The van der Waals surface area contributed by atoms with Gasteiger partial charge in [0.2, 0.25) is 0 Å². The minimum Gasteiger partial charge on any atom is -0.378 e. The van der Waals surface area contributed by atoms with E-state index in [0.29, 0.717) is 19.8 Å². The van der Waals surface area contributed by atoms with E-state index in [1.54, 1.807) is 4.90 Å². The van der Waals surface area contributed by atoms with Gasteiger partial charge in [-0.15, -0.1) is 0 Å². The smallest absolute Gasteiger partial charge is 0.309 e. The molecule has 116 valence electrons. The molecule has 0 saturated carbocycles. The average Bonchev–Trinajstić information content (AvgIpc) is 2.68. The van der Waals surface area contributed by atoms with Crippen LogP contribution in [0.4, 0.5) is 14.5 Å². The van der Waals surface area contributed by atoms with Crippen molar-refractivity contribution in [3.63, 3.8) is 0 Å². The van der Waals surface area contributed by atoms with Gasteiger partial charge in [0.1, 0.15) is 17.9 Å². The lowest BCUT2D eigenvalue weighted by Crippen LogP contribution is -2.58. The molecule has 0 amide bonds. The number of rotatable bonds is 3. The van der Waals surface area contributed by atoms with Crippen molar-refractivity contribution in [3.8, 4) is 0 Å². The maximum Gasteiger partial charge on any atom is 0.309 e. The second kappa shape index (κ2) is 4.99. The number of piperidine rings is 1. The quantitative estimate of drug-likeness (QED) is 0.623. The zero-order chi connectivity index (χ0) is 15.2. The maximum atomic E-state index is 14.4. The molecule has 1 atom stereocenters. The number of halogens is 2. The predicted octanol–water partition coefficient (Wildman–Crippen LogP) is 1.38. The van der Waals surface area contributed by atoms with Gasteiger partial charge in [0, 0.05) is 6.54 Å². The second-order valence-corrected chi connectivity index (χ2v) is 5.54. The molecule has 3 rings (SSSR count). The lowest BCUT2D eigenvalue weighted by atomic mass is 9.98. The molecule has 1 aromatic heterocycles. The third-order valence-electron chi connectivity index (χ3n) is 4.24. The number of alkyl halides is 2. The van der Waals surface area contributed by atoms with E-state index in [2.05, 4.69) is 5.10 Å². The Hall–Kier alpha value is -1.61. The van der Waals surface area contributed by atoms with Gasteiger partial charge in [-0.25, -0.2) is 8.78 Å². The van der Waals surface area contributed by atoms with Crippen molar-refractivity contribution in [1.29, 1.82) is 0 Å². The lowest BCUT2D eigenvalue weighted by molar-refractivity contribution is -0.385. The van der Waals surface area contributed by atoms with E-state index in [9.17, 15) is 18.9 Å². The fourth-order valence-electron chi connectivity index (χ4n) is 2.91. The van der Waals surface area contributed by atoms with Crippen molar-refractivity contribution in [2.75, 3.05) is 26.3 Å². The first-order chi connectivity index (χ1) is 9.90. The molecule has 2 aliphatic heterocycles. The van der Waals surface area contributed by atoms with Crippen LogP contribution < -0.4 is 0 Å². The maximum absolute atomic E-state index is 14.4. The van der Waals surface area contributed by atoms with Crippen LogP contribution in [0, 0.1) is 17.0 Å². The topological polar surface area (TPSA) is 73.4 Å². The Morgan fingerprint density at radius 3 is 2.71 bits per heavy atom. The number of hydrogen-bond acceptors (Lipinski definition) is 5. The summed E-state index contributed by atoms with van der Waals surface area (Å²) in [5, 5.41) is 14.6. The molecule has 0 spiro atoms. The van der Waals surface area contributed by atoms with Gasteiger partial charge in [-0.1, -0.05) is 0 Å². The van der Waals surface area contributed by atoms with Gasteiger partial charge >= 0.3 is 5.69 Å². The molecule has 0 aliphatic carbocycles. The largest absolute Gasteiger partial charge is 0.378 e. The number of nitro groups is 1. The lowest BCUT2D eigenvalue weighted by Gasteiger charge is -2.44. The minimum absolute atomic E-state index is 0.0601. The van der Waals surface area contributed by atoms with Crippen molar-refractivity contribution in [2.45, 2.75) is 31.4 Å². The number of nitrogens with zero attached hydrogens (tertiary/aromatic N) is 4. The zero-order valence-electron chi connectivity index (χ0n) is 11.5. The van der Waals surface area contributed by atoms with E-state index in [-0.39, 0.29) is 30.4 Å². The van der Waals surface area contributed by atoms with Gasteiger partial charge in [0.05, 0.1) is 30.7 Å². The van der Waals surface area contributed by atoms with Crippen LogP contribution in [0.2, 0.25) is 0 Å². The zero-order valence-corrected chi connectivity index (χ0v) is 11.5. The third kappa shape index (κ3) is 2.40. The molecular weight excluding hydrogens is 286 g/mol. The predicted molar refractivity (Wildman–Crippen MR) is 68.4 cm³/mol. The van der Waals surface area contributed by atoms with Crippen molar-refractivity contribution in [2.24, 2.45) is 0 Å². The second-order valence-electron chi connectivity index (χ2n) is 5.54. The molecule has 7 nitrogen and oxygen atoms in total. The number of hydrogen-bond donors (Lipinski definition) is 0. The normalized spacial score (nSPS) is 26.5. The van der Waals surface area contributed by atoms with E-state index in [1.165, 1.54) is 6.92 Å². The van der Waals surface area contributed by atoms with Crippen LogP contribution >= 0.6 is 0 Å². The highest BCUT2D eigenvalue weighted by atomic mass is 19.3. The fourth-order valence-corrected chi connectivity index (χ4v) is 2.91. The summed E-state index contributed by atoms with van der Waals surface area (Å²) in [6, 6.07) is -1.08. The first-order valence-electron chi connectivity index (χ1n) is 6.78. The molecule has 9 heteroatoms. The van der Waals surface area contributed by atoms with Crippen LogP contribution in [0.15, 0.2) is 6.20 Å². The highest BCUT2D eigenvalue weighted by molar-refractivity contribution is 5.32. The van der Waals surface area contributed by atoms with Gasteiger partial charge in [0.15, 0.2) is 0 Å². The molecule has 0 aromatic carbocycles. The summed E-state index contributed by atoms with van der Waals surface area (Å²) in [6.07, 6.45) is 1.25. The van der Waals surface area contributed by atoms with Crippen LogP contribution in [0.25, 0.3) is 0 Å². The molecule has 0 radical (unpaired) electrons. The molecule has 2 fully saturated rings. The highest BCUT2D eigenvalue weighted by Crippen LogP contribution is 2.39. The Morgan fingerprint density at radius 1 is 1.52 bits per heavy atom. The first kappa shape index (κ1) is 14.3. The van der Waals surface area contributed by atoms with Crippen LogP contribution in [0.5, 0.6) is 0 Å². The molecule has 2 saturated heterocycles. The van der Waals surface area contributed by atoms with Gasteiger partial charge in [-0.3, -0.25) is 19.7 Å². The first-order valence-corrected chi connectivity index (χ1v) is 6.78. The molecule has 21 heavy (non-hydrogen) atoms. The van der Waals surface area contributed by atoms with Gasteiger partial charge in [-0.2, -0.15) is 5.10 Å². The Kier molecular flexibility index (Phi) is 3.40. The summed E-state index contributed by atoms with van der Waals surface area (Å²) in [5.74, 6) is -2.97. The standard InChI is InChI=1S/C12H16F2N4O3/c1-8-10(18(19)20)4-15-17(8)11-2-3-16(7-12(11,13)14)9-5-21-6-9/h4,9,11H,2-3,5-7H2,1H3. The number of likely N-dealkylation sites (tertiary alicyclic amines) is 1. The van der Waals surface area contributed by atoms with E-state index < -0.39 is 16.9 Å². The Morgan fingerprint density at radius 2 is 2.24 bits per heavy atom. The third-order valence-corrected chi connectivity index (χ3v) is 4.24. The summed E-state index contributed by atoms with van der Waals surface area (Å²) in [4.78, 5) is 11.9. The molecular formula is C12H16F2N4O3. The Balaban J connectivity index is 1.81. The summed E-state index contributed by atoms with van der Waals surface area (Å²) >= 11 is 0. The molecule has 3 heterocycles. The Labute approximate surface area is 119 Å². The van der Waals surface area contributed by atoms with Crippen molar-refractivity contribution < 1.29 is 18.4 Å². The average molecular weight is 302 g/mol. The summed E-state index contributed by atoms with van der Waals surface area (Å²) < 4.78 is 34.9. The van der Waals surface area contributed by atoms with Crippen molar-refractivity contribution >= 4 is 5.69 Å². The summed E-state index contributed by atoms with van der Waals surface area (Å²) in [7, 11) is 0. The van der Waals surface area contributed by atoms with Gasteiger partial charge in [-0.05, 0) is 13.3 Å². The fraction of sp³-hybridized carbons (Fsp3) is 0.750. The molecule has 1 aromatic rings. The SMILES string of the molecule is Cc1c([N+](=O)[O-])cnn1C1CCN(C2COC2)CC1(F)F. The molecule has 0 bridgehead atoms. The van der Waals surface area contributed by atoms with Gasteiger partial charge < -0.3 is 4.74 Å². The van der Waals surface area contributed by atoms with E-state index in [4.69, 9.17) is 4.74 Å². The molecule has 2 aliphatic rings. The Bertz CT molecular complexity index is 559. The highest BCUT2D eigenvalue weighted by Gasteiger charge is 2.49. The monoisotopic (exact) mass is 302 g/mol. The van der Waals surface area contributed by atoms with Crippen LogP contribution in [-0.2, 0) is 4.74 Å². The van der Waals surface area contributed by atoms with Crippen molar-refractivity contribution in [3.05, 3.63) is 22.0 Å². The van der Waals surface area contributed by atoms with E-state index >= 15 is 0 Å². The summed E-state index contributed by atoms with van der Waals surface area (Å²) in [5.41, 5.74) is -0.0503. The van der Waals surface area contributed by atoms with E-state index in [1.807, 2.05) is 0 Å². The van der Waals surface area contributed by atoms with Crippen LogP contribution in [0.3, 0.4) is 0 Å².